The van der Waals surface area contributed by atoms with Crippen LogP contribution in [-0.2, 0) is 10.2 Å². The van der Waals surface area contributed by atoms with E-state index in [4.69, 9.17) is 16.9 Å². The van der Waals surface area contributed by atoms with Crippen molar-refractivity contribution in [1.82, 2.24) is 8.61 Å². The minimum absolute atomic E-state index is 0.185. The minimum Gasteiger partial charge on any atom is -0.198 e. The number of hydrogen-bond acceptors (Lipinski definition) is 3. The van der Waals surface area contributed by atoms with E-state index in [0.717, 1.165) is 18.4 Å². The molecular formula is C15H20ClN3O2S. The maximum atomic E-state index is 12.8. The highest BCUT2D eigenvalue weighted by atomic mass is 35.5. The highest BCUT2D eigenvalue weighted by Crippen LogP contribution is 2.38. The molecule has 1 aromatic rings. The molecule has 1 saturated heterocycles. The Kier molecular flexibility index (Phi) is 5.45. The van der Waals surface area contributed by atoms with E-state index in [2.05, 4.69) is 6.07 Å². The SMILES string of the molecule is C[C@H](C#N)CN(C)S(=O)(=O)N1CCC[C@@H]1c1ccccc1Cl. The van der Waals surface area contributed by atoms with Gasteiger partial charge in [-0.05, 0) is 31.4 Å². The van der Waals surface area contributed by atoms with E-state index in [1.807, 2.05) is 18.2 Å². The van der Waals surface area contributed by atoms with Gasteiger partial charge in [0.25, 0.3) is 10.2 Å². The van der Waals surface area contributed by atoms with Crippen LogP contribution in [0.15, 0.2) is 24.3 Å². The van der Waals surface area contributed by atoms with Crippen LogP contribution in [0.5, 0.6) is 0 Å². The lowest BCUT2D eigenvalue weighted by molar-refractivity contribution is 0.339. The summed E-state index contributed by atoms with van der Waals surface area (Å²) < 4.78 is 28.3. The third-order valence-corrected chi connectivity index (χ3v) is 6.22. The zero-order chi connectivity index (χ0) is 16.3. The molecule has 0 aromatic heterocycles. The second-order valence-corrected chi connectivity index (χ2v) is 8.00. The Morgan fingerprint density at radius 2 is 2.18 bits per heavy atom. The fourth-order valence-corrected chi connectivity index (χ4v) is 4.70. The molecule has 1 fully saturated rings. The molecule has 0 bridgehead atoms. The Labute approximate surface area is 137 Å². The van der Waals surface area contributed by atoms with Gasteiger partial charge in [-0.25, -0.2) is 0 Å². The quantitative estimate of drug-likeness (QED) is 0.827. The summed E-state index contributed by atoms with van der Waals surface area (Å²) in [4.78, 5) is 0. The third-order valence-electron chi connectivity index (χ3n) is 3.91. The Hall–Kier alpha value is -1.13. The van der Waals surface area contributed by atoms with Crippen LogP contribution < -0.4 is 0 Å². The number of rotatable bonds is 5. The van der Waals surface area contributed by atoms with E-state index in [-0.39, 0.29) is 18.5 Å². The molecule has 1 aromatic carbocycles. The lowest BCUT2D eigenvalue weighted by Gasteiger charge is -2.29. The molecule has 1 aliphatic rings. The normalized spacial score (nSPS) is 21.0. The molecular weight excluding hydrogens is 322 g/mol. The number of halogens is 1. The standard InChI is InChI=1S/C15H20ClN3O2S/c1-12(10-17)11-18(2)22(20,21)19-9-5-8-15(19)13-6-3-4-7-14(13)16/h3-4,6-7,12,15H,5,8-9,11H2,1-2H3/t12-,15-/m1/s1. The van der Waals surface area contributed by atoms with E-state index in [0.29, 0.717) is 11.6 Å². The van der Waals surface area contributed by atoms with E-state index in [1.54, 1.807) is 13.0 Å². The van der Waals surface area contributed by atoms with Gasteiger partial charge >= 0.3 is 0 Å². The van der Waals surface area contributed by atoms with Crippen LogP contribution in [0, 0.1) is 17.2 Å². The summed E-state index contributed by atoms with van der Waals surface area (Å²) in [6, 6.07) is 9.18. The topological polar surface area (TPSA) is 64.4 Å². The lowest BCUT2D eigenvalue weighted by Crippen LogP contribution is -2.43. The van der Waals surface area contributed by atoms with Crippen LogP contribution >= 0.6 is 11.6 Å². The average molecular weight is 342 g/mol. The van der Waals surface area contributed by atoms with Gasteiger partial charge in [0.15, 0.2) is 0 Å². The van der Waals surface area contributed by atoms with Gasteiger partial charge in [0, 0.05) is 25.2 Å². The molecule has 5 nitrogen and oxygen atoms in total. The minimum atomic E-state index is -3.60. The fraction of sp³-hybridized carbons (Fsp3) is 0.533. The van der Waals surface area contributed by atoms with Crippen molar-refractivity contribution in [2.24, 2.45) is 5.92 Å². The first-order valence-corrected chi connectivity index (χ1v) is 9.02. The molecule has 0 aliphatic carbocycles. The molecule has 7 heteroatoms. The van der Waals surface area contributed by atoms with Crippen LogP contribution in [-0.4, -0.2) is 37.2 Å². The summed E-state index contributed by atoms with van der Waals surface area (Å²) in [5, 5.41) is 9.46. The third kappa shape index (κ3) is 3.44. The monoisotopic (exact) mass is 341 g/mol. The van der Waals surface area contributed by atoms with Crippen molar-refractivity contribution < 1.29 is 8.42 Å². The number of nitriles is 1. The summed E-state index contributed by atoms with van der Waals surface area (Å²) in [5.41, 5.74) is 0.840. The summed E-state index contributed by atoms with van der Waals surface area (Å²) in [6.07, 6.45) is 1.56. The van der Waals surface area contributed by atoms with E-state index < -0.39 is 10.2 Å². The van der Waals surface area contributed by atoms with Gasteiger partial charge in [-0.1, -0.05) is 29.8 Å². The molecule has 0 spiro atoms. The summed E-state index contributed by atoms with van der Waals surface area (Å²) in [6.45, 7) is 2.37. The highest BCUT2D eigenvalue weighted by molar-refractivity contribution is 7.86. The van der Waals surface area contributed by atoms with Gasteiger partial charge in [-0.3, -0.25) is 0 Å². The smallest absolute Gasteiger partial charge is 0.198 e. The number of nitrogens with zero attached hydrogens (tertiary/aromatic N) is 3. The van der Waals surface area contributed by atoms with Crippen molar-refractivity contribution in [3.8, 4) is 6.07 Å². The molecule has 1 heterocycles. The van der Waals surface area contributed by atoms with Gasteiger partial charge in [-0.2, -0.15) is 22.3 Å². The molecule has 2 atom stereocenters. The van der Waals surface area contributed by atoms with E-state index >= 15 is 0 Å². The highest BCUT2D eigenvalue weighted by Gasteiger charge is 2.38. The van der Waals surface area contributed by atoms with Gasteiger partial charge in [0.1, 0.15) is 0 Å². The Morgan fingerprint density at radius 1 is 1.50 bits per heavy atom. The van der Waals surface area contributed by atoms with Crippen LogP contribution in [0.1, 0.15) is 31.4 Å². The van der Waals surface area contributed by atoms with Crippen LogP contribution in [0.2, 0.25) is 5.02 Å². The summed E-state index contributed by atoms with van der Waals surface area (Å²) >= 11 is 6.23. The Bertz CT molecular complexity index is 672. The van der Waals surface area contributed by atoms with Gasteiger partial charge in [0.2, 0.25) is 0 Å². The zero-order valence-corrected chi connectivity index (χ0v) is 14.3. The second-order valence-electron chi connectivity index (χ2n) is 5.61. The Morgan fingerprint density at radius 3 is 2.82 bits per heavy atom. The zero-order valence-electron chi connectivity index (χ0n) is 12.7. The van der Waals surface area contributed by atoms with Crippen LogP contribution in [0.4, 0.5) is 0 Å². The second kappa shape index (κ2) is 6.97. The van der Waals surface area contributed by atoms with Crippen LogP contribution in [0.3, 0.4) is 0 Å². The van der Waals surface area contributed by atoms with Crippen molar-refractivity contribution in [1.29, 1.82) is 5.26 Å². The number of benzene rings is 1. The molecule has 22 heavy (non-hydrogen) atoms. The van der Waals surface area contributed by atoms with Crippen molar-refractivity contribution in [2.45, 2.75) is 25.8 Å². The molecule has 0 amide bonds. The summed E-state index contributed by atoms with van der Waals surface area (Å²) in [7, 11) is -2.08. The van der Waals surface area contributed by atoms with Crippen molar-refractivity contribution in [2.75, 3.05) is 20.1 Å². The predicted octanol–water partition coefficient (Wildman–Crippen LogP) is 2.81. The predicted molar refractivity (Wildman–Crippen MR) is 86.5 cm³/mol. The maximum absolute atomic E-state index is 12.8. The van der Waals surface area contributed by atoms with Crippen molar-refractivity contribution in [3.63, 3.8) is 0 Å². The molecule has 0 saturated carbocycles. The van der Waals surface area contributed by atoms with E-state index in [9.17, 15) is 8.42 Å². The van der Waals surface area contributed by atoms with Crippen LogP contribution in [0.25, 0.3) is 0 Å². The number of hydrogen-bond donors (Lipinski definition) is 0. The lowest BCUT2D eigenvalue weighted by atomic mass is 10.1. The first-order valence-electron chi connectivity index (χ1n) is 7.25. The van der Waals surface area contributed by atoms with E-state index in [1.165, 1.54) is 15.7 Å². The molecule has 0 N–H and O–H groups in total. The van der Waals surface area contributed by atoms with Crippen molar-refractivity contribution in [3.05, 3.63) is 34.9 Å². The largest absolute Gasteiger partial charge is 0.282 e. The first-order chi connectivity index (χ1) is 10.4. The molecule has 0 radical (unpaired) electrons. The molecule has 2 rings (SSSR count). The fourth-order valence-electron chi connectivity index (χ4n) is 2.77. The summed E-state index contributed by atoms with van der Waals surface area (Å²) in [5.74, 6) is -0.346. The van der Waals surface area contributed by atoms with Gasteiger partial charge in [-0.15, -0.1) is 0 Å². The van der Waals surface area contributed by atoms with Gasteiger partial charge in [0.05, 0.1) is 18.0 Å². The molecule has 0 unspecified atom stereocenters. The molecule has 120 valence electrons. The Balaban J connectivity index is 2.27. The maximum Gasteiger partial charge on any atom is 0.282 e. The first kappa shape index (κ1) is 17.2. The molecule has 1 aliphatic heterocycles. The average Bonchev–Trinajstić information content (AvgIpc) is 2.97. The van der Waals surface area contributed by atoms with Crippen molar-refractivity contribution >= 4 is 21.8 Å². The van der Waals surface area contributed by atoms with Gasteiger partial charge < -0.3 is 0 Å².